The Bertz CT molecular complexity index is 434. The van der Waals surface area contributed by atoms with Crippen LogP contribution in [0.4, 0.5) is 0 Å². The minimum Gasteiger partial charge on any atom is -0.377 e. The zero-order valence-corrected chi connectivity index (χ0v) is 11.7. The molecule has 104 valence electrons. The van der Waals surface area contributed by atoms with Crippen molar-refractivity contribution in [1.29, 1.82) is 0 Å². The number of likely N-dealkylation sites (N-methyl/N-ethyl adjacent to an activating group) is 1. The minimum atomic E-state index is 0.127. The first-order valence-electron chi connectivity index (χ1n) is 6.85. The number of ether oxygens (including phenoxy) is 1. The van der Waals surface area contributed by atoms with E-state index in [0.717, 1.165) is 24.1 Å². The molecule has 0 aromatic heterocycles. The third kappa shape index (κ3) is 3.33. The summed E-state index contributed by atoms with van der Waals surface area (Å²) in [6.07, 6.45) is 0.872. The average molecular weight is 262 g/mol. The number of nitrogens with one attached hydrogen (secondary N) is 1. The van der Waals surface area contributed by atoms with Gasteiger partial charge < -0.3 is 15.0 Å². The van der Waals surface area contributed by atoms with Crippen LogP contribution in [0.15, 0.2) is 24.3 Å². The quantitative estimate of drug-likeness (QED) is 0.889. The van der Waals surface area contributed by atoms with Crippen molar-refractivity contribution in [2.75, 3.05) is 33.4 Å². The van der Waals surface area contributed by atoms with E-state index in [4.69, 9.17) is 4.74 Å². The molecule has 1 fully saturated rings. The molecule has 0 aliphatic carbocycles. The van der Waals surface area contributed by atoms with Crippen molar-refractivity contribution >= 4 is 5.91 Å². The maximum atomic E-state index is 12.6. The molecular weight excluding hydrogens is 240 g/mol. The van der Waals surface area contributed by atoms with E-state index in [1.807, 2.05) is 43.1 Å². The Morgan fingerprint density at radius 3 is 3.00 bits per heavy atom. The fourth-order valence-corrected chi connectivity index (χ4v) is 2.39. The van der Waals surface area contributed by atoms with E-state index in [1.54, 1.807) is 0 Å². The second kappa shape index (κ2) is 6.68. The first-order chi connectivity index (χ1) is 9.24. The van der Waals surface area contributed by atoms with E-state index < -0.39 is 0 Å². The van der Waals surface area contributed by atoms with Crippen LogP contribution in [-0.4, -0.2) is 50.2 Å². The van der Waals surface area contributed by atoms with E-state index in [-0.39, 0.29) is 11.9 Å². The Hall–Kier alpha value is -1.39. The highest BCUT2D eigenvalue weighted by molar-refractivity contribution is 5.96. The van der Waals surface area contributed by atoms with Gasteiger partial charge >= 0.3 is 0 Å². The number of morpholine rings is 1. The molecule has 2 rings (SSSR count). The van der Waals surface area contributed by atoms with Gasteiger partial charge in [-0.3, -0.25) is 4.79 Å². The van der Waals surface area contributed by atoms with Gasteiger partial charge in [-0.25, -0.2) is 0 Å². The van der Waals surface area contributed by atoms with Gasteiger partial charge in [0, 0.05) is 12.1 Å². The molecule has 1 aliphatic heterocycles. The average Bonchev–Trinajstić information content (AvgIpc) is 2.45. The second-order valence-corrected chi connectivity index (χ2v) is 4.93. The Morgan fingerprint density at radius 2 is 2.26 bits per heavy atom. The number of amides is 1. The molecule has 0 radical (unpaired) electrons. The summed E-state index contributed by atoms with van der Waals surface area (Å²) in [6.45, 7) is 4.86. The molecule has 0 saturated carbocycles. The molecule has 1 saturated heterocycles. The maximum absolute atomic E-state index is 12.6. The van der Waals surface area contributed by atoms with Gasteiger partial charge in [-0.15, -0.1) is 0 Å². The van der Waals surface area contributed by atoms with Gasteiger partial charge in [0.25, 0.3) is 5.91 Å². The highest BCUT2D eigenvalue weighted by Gasteiger charge is 2.25. The van der Waals surface area contributed by atoms with E-state index in [2.05, 4.69) is 5.32 Å². The molecule has 1 unspecified atom stereocenters. The molecule has 1 aliphatic rings. The number of hydrogen-bond acceptors (Lipinski definition) is 3. The highest BCUT2D eigenvalue weighted by Crippen LogP contribution is 2.16. The second-order valence-electron chi connectivity index (χ2n) is 4.93. The van der Waals surface area contributed by atoms with Gasteiger partial charge in [0.2, 0.25) is 0 Å². The van der Waals surface area contributed by atoms with Crippen LogP contribution in [-0.2, 0) is 11.2 Å². The molecule has 1 amide bonds. The smallest absolute Gasteiger partial charge is 0.254 e. The van der Waals surface area contributed by atoms with Crippen molar-refractivity contribution in [1.82, 2.24) is 10.2 Å². The van der Waals surface area contributed by atoms with Crippen LogP contribution in [0.5, 0.6) is 0 Å². The topological polar surface area (TPSA) is 41.6 Å². The van der Waals surface area contributed by atoms with Gasteiger partial charge in [-0.1, -0.05) is 18.2 Å². The lowest BCUT2D eigenvalue weighted by Gasteiger charge is -2.33. The van der Waals surface area contributed by atoms with E-state index in [1.165, 1.54) is 0 Å². The fourth-order valence-electron chi connectivity index (χ4n) is 2.39. The third-order valence-corrected chi connectivity index (χ3v) is 3.52. The number of carbonyl (C=O) groups excluding carboxylic acids is 1. The number of nitrogens with zero attached hydrogens (tertiary/aromatic N) is 1. The number of rotatable bonds is 4. The van der Waals surface area contributed by atoms with Crippen molar-refractivity contribution in [2.24, 2.45) is 0 Å². The van der Waals surface area contributed by atoms with Gasteiger partial charge in [0.1, 0.15) is 0 Å². The summed E-state index contributed by atoms with van der Waals surface area (Å²) in [5.41, 5.74) is 1.94. The molecule has 4 nitrogen and oxygen atoms in total. The SMILES string of the molecule is CNCCc1ccccc1C(=O)N1CCOCC1C. The summed E-state index contributed by atoms with van der Waals surface area (Å²) in [6, 6.07) is 8.04. The number of hydrogen-bond donors (Lipinski definition) is 1. The van der Waals surface area contributed by atoms with E-state index in [9.17, 15) is 4.79 Å². The predicted octanol–water partition coefficient (Wildman–Crippen LogP) is 1.31. The van der Waals surface area contributed by atoms with Crippen LogP contribution >= 0.6 is 0 Å². The van der Waals surface area contributed by atoms with Crippen molar-refractivity contribution in [2.45, 2.75) is 19.4 Å². The molecule has 1 atom stereocenters. The van der Waals surface area contributed by atoms with Crippen molar-refractivity contribution in [3.8, 4) is 0 Å². The molecule has 1 heterocycles. The van der Waals surface area contributed by atoms with Crippen LogP contribution in [0.2, 0.25) is 0 Å². The van der Waals surface area contributed by atoms with Gasteiger partial charge in [-0.05, 0) is 38.6 Å². The van der Waals surface area contributed by atoms with Crippen molar-refractivity contribution in [3.05, 3.63) is 35.4 Å². The van der Waals surface area contributed by atoms with Gasteiger partial charge in [0.05, 0.1) is 19.3 Å². The lowest BCUT2D eigenvalue weighted by molar-refractivity contribution is 0.00353. The maximum Gasteiger partial charge on any atom is 0.254 e. The zero-order valence-electron chi connectivity index (χ0n) is 11.7. The van der Waals surface area contributed by atoms with Crippen molar-refractivity contribution in [3.63, 3.8) is 0 Å². The Morgan fingerprint density at radius 1 is 1.47 bits per heavy atom. The van der Waals surface area contributed by atoms with Crippen LogP contribution in [0.3, 0.4) is 0 Å². The standard InChI is InChI=1S/C15H22N2O2/c1-12-11-19-10-9-17(12)15(18)14-6-4-3-5-13(14)7-8-16-2/h3-6,12,16H,7-11H2,1-2H3. The largest absolute Gasteiger partial charge is 0.377 e. The number of carbonyl (C=O) groups is 1. The van der Waals surface area contributed by atoms with E-state index in [0.29, 0.717) is 19.8 Å². The predicted molar refractivity (Wildman–Crippen MR) is 75.4 cm³/mol. The summed E-state index contributed by atoms with van der Waals surface area (Å²) < 4.78 is 5.39. The minimum absolute atomic E-state index is 0.127. The van der Waals surface area contributed by atoms with Gasteiger partial charge in [-0.2, -0.15) is 0 Å². The number of benzene rings is 1. The molecule has 4 heteroatoms. The van der Waals surface area contributed by atoms with Crippen LogP contribution < -0.4 is 5.32 Å². The molecule has 1 N–H and O–H groups in total. The molecule has 19 heavy (non-hydrogen) atoms. The summed E-state index contributed by atoms with van der Waals surface area (Å²) >= 11 is 0. The molecular formula is C15H22N2O2. The highest BCUT2D eigenvalue weighted by atomic mass is 16.5. The van der Waals surface area contributed by atoms with Gasteiger partial charge in [0.15, 0.2) is 0 Å². The zero-order chi connectivity index (χ0) is 13.7. The Labute approximate surface area is 114 Å². The van der Waals surface area contributed by atoms with Crippen molar-refractivity contribution < 1.29 is 9.53 Å². The Balaban J connectivity index is 2.17. The third-order valence-electron chi connectivity index (χ3n) is 3.52. The summed E-state index contributed by atoms with van der Waals surface area (Å²) in [4.78, 5) is 14.6. The summed E-state index contributed by atoms with van der Waals surface area (Å²) in [7, 11) is 1.93. The normalized spacial score (nSPS) is 19.5. The summed E-state index contributed by atoms with van der Waals surface area (Å²) in [5, 5.41) is 3.13. The van der Waals surface area contributed by atoms with Crippen LogP contribution in [0.1, 0.15) is 22.8 Å². The molecule has 0 bridgehead atoms. The van der Waals surface area contributed by atoms with Crippen LogP contribution in [0, 0.1) is 0 Å². The first-order valence-corrected chi connectivity index (χ1v) is 6.85. The fraction of sp³-hybridized carbons (Fsp3) is 0.533. The molecule has 1 aromatic rings. The van der Waals surface area contributed by atoms with E-state index >= 15 is 0 Å². The molecule has 0 spiro atoms. The Kier molecular flexibility index (Phi) is 4.93. The first kappa shape index (κ1) is 14.0. The summed E-state index contributed by atoms with van der Waals surface area (Å²) in [5.74, 6) is 0.127. The lowest BCUT2D eigenvalue weighted by atomic mass is 10.0. The van der Waals surface area contributed by atoms with Crippen LogP contribution in [0.25, 0.3) is 0 Å². The molecule has 1 aromatic carbocycles. The monoisotopic (exact) mass is 262 g/mol. The lowest BCUT2D eigenvalue weighted by Crippen LogP contribution is -2.47.